The van der Waals surface area contributed by atoms with Crippen LogP contribution in [0.4, 0.5) is 0 Å². The van der Waals surface area contributed by atoms with E-state index in [2.05, 4.69) is 10.00 Å². The predicted octanol–water partition coefficient (Wildman–Crippen LogP) is 3.40. The zero-order chi connectivity index (χ0) is 15.6. The monoisotopic (exact) mass is 311 g/mol. The molecule has 2 aliphatic rings. The van der Waals surface area contributed by atoms with E-state index in [0.29, 0.717) is 12.7 Å². The molecule has 2 saturated carbocycles. The van der Waals surface area contributed by atoms with Crippen LogP contribution in [0.15, 0.2) is 35.3 Å². The van der Waals surface area contributed by atoms with Crippen molar-refractivity contribution in [2.45, 2.75) is 57.7 Å². The summed E-state index contributed by atoms with van der Waals surface area (Å²) in [6.45, 7) is 1.77. The lowest BCUT2D eigenvalue weighted by molar-refractivity contribution is 0.146. The quantitative estimate of drug-likeness (QED) is 0.849. The molecule has 0 radical (unpaired) electrons. The maximum Gasteiger partial charge on any atom is 0.275 e. The van der Waals surface area contributed by atoms with Gasteiger partial charge >= 0.3 is 0 Å². The van der Waals surface area contributed by atoms with Crippen molar-refractivity contribution >= 4 is 10.8 Å². The maximum absolute atomic E-state index is 12.7. The van der Waals surface area contributed by atoms with E-state index in [1.807, 2.05) is 30.5 Å². The average Bonchev–Trinajstić information content (AvgIpc) is 3.43. The molecule has 1 aromatic carbocycles. The van der Waals surface area contributed by atoms with E-state index in [4.69, 9.17) is 0 Å². The van der Waals surface area contributed by atoms with Crippen molar-refractivity contribution in [3.8, 4) is 0 Å². The van der Waals surface area contributed by atoms with Gasteiger partial charge in [-0.2, -0.15) is 5.10 Å². The van der Waals surface area contributed by atoms with Gasteiger partial charge in [0, 0.05) is 18.0 Å². The molecule has 4 heteroatoms. The van der Waals surface area contributed by atoms with Crippen molar-refractivity contribution in [3.05, 3.63) is 40.8 Å². The van der Waals surface area contributed by atoms with E-state index in [9.17, 15) is 4.79 Å². The van der Waals surface area contributed by atoms with Crippen LogP contribution in [0, 0.1) is 5.92 Å². The van der Waals surface area contributed by atoms with Gasteiger partial charge < -0.3 is 0 Å². The van der Waals surface area contributed by atoms with E-state index in [1.165, 1.54) is 44.9 Å². The lowest BCUT2D eigenvalue weighted by atomic mass is 9.89. The van der Waals surface area contributed by atoms with E-state index in [-0.39, 0.29) is 5.56 Å². The summed E-state index contributed by atoms with van der Waals surface area (Å²) in [7, 11) is 0. The Hall–Kier alpha value is -1.68. The third kappa shape index (κ3) is 3.32. The van der Waals surface area contributed by atoms with Crippen LogP contribution >= 0.6 is 0 Å². The third-order valence-corrected chi connectivity index (χ3v) is 5.36. The molecule has 2 aliphatic carbocycles. The van der Waals surface area contributed by atoms with Crippen molar-refractivity contribution in [2.24, 2.45) is 5.92 Å². The van der Waals surface area contributed by atoms with Crippen molar-refractivity contribution in [1.29, 1.82) is 0 Å². The van der Waals surface area contributed by atoms with Gasteiger partial charge in [-0.25, -0.2) is 4.68 Å². The second-order valence-electron chi connectivity index (χ2n) is 7.18. The largest absolute Gasteiger partial charge is 0.281 e. The fraction of sp³-hybridized carbons (Fsp3) is 0.579. The first-order valence-corrected chi connectivity index (χ1v) is 9.00. The molecular formula is C19H25N3O. The topological polar surface area (TPSA) is 38.1 Å². The Labute approximate surface area is 137 Å². The molecule has 0 bridgehead atoms. The Balaban J connectivity index is 1.54. The van der Waals surface area contributed by atoms with Crippen LogP contribution in [0.25, 0.3) is 10.8 Å². The normalized spacial score (nSPS) is 19.5. The Kier molecular flexibility index (Phi) is 4.17. The summed E-state index contributed by atoms with van der Waals surface area (Å²) in [5.74, 6) is 0.806. The lowest BCUT2D eigenvalue weighted by Gasteiger charge is -2.29. The maximum atomic E-state index is 12.7. The van der Waals surface area contributed by atoms with Crippen molar-refractivity contribution in [3.63, 3.8) is 0 Å². The van der Waals surface area contributed by atoms with E-state index < -0.39 is 0 Å². The van der Waals surface area contributed by atoms with Crippen LogP contribution in [-0.2, 0) is 6.67 Å². The summed E-state index contributed by atoms with van der Waals surface area (Å²) in [6, 6.07) is 8.40. The van der Waals surface area contributed by atoms with Gasteiger partial charge in [0.05, 0.1) is 18.3 Å². The highest BCUT2D eigenvalue weighted by molar-refractivity contribution is 5.80. The van der Waals surface area contributed by atoms with Crippen molar-refractivity contribution < 1.29 is 0 Å². The third-order valence-electron chi connectivity index (χ3n) is 5.36. The molecule has 0 aliphatic heterocycles. The van der Waals surface area contributed by atoms with Gasteiger partial charge in [-0.15, -0.1) is 0 Å². The molecule has 2 aromatic rings. The summed E-state index contributed by atoms with van der Waals surface area (Å²) in [4.78, 5) is 15.2. The Morgan fingerprint density at radius 2 is 1.87 bits per heavy atom. The minimum Gasteiger partial charge on any atom is -0.281 e. The van der Waals surface area contributed by atoms with Gasteiger partial charge in [-0.05, 0) is 37.7 Å². The van der Waals surface area contributed by atoms with E-state index in [1.54, 1.807) is 4.68 Å². The van der Waals surface area contributed by atoms with Crippen LogP contribution in [0.2, 0.25) is 0 Å². The Morgan fingerprint density at radius 3 is 2.65 bits per heavy atom. The first-order valence-electron chi connectivity index (χ1n) is 9.00. The molecule has 1 heterocycles. The fourth-order valence-corrected chi connectivity index (χ4v) is 3.86. The number of hydrogen-bond donors (Lipinski definition) is 0. The van der Waals surface area contributed by atoms with Gasteiger partial charge in [0.1, 0.15) is 0 Å². The zero-order valence-corrected chi connectivity index (χ0v) is 13.7. The molecule has 0 amide bonds. The molecule has 4 nitrogen and oxygen atoms in total. The van der Waals surface area contributed by atoms with Crippen LogP contribution in [-0.4, -0.2) is 27.3 Å². The predicted molar refractivity (Wildman–Crippen MR) is 92.3 cm³/mol. The molecule has 0 spiro atoms. The SMILES string of the molecule is O=c1c2ccccc2cnn1CN(CC1CCCCC1)C1CC1. The smallest absolute Gasteiger partial charge is 0.275 e. The number of benzene rings is 1. The summed E-state index contributed by atoms with van der Waals surface area (Å²) in [6.07, 6.45) is 11.2. The van der Waals surface area contributed by atoms with Gasteiger partial charge in [-0.3, -0.25) is 9.69 Å². The molecule has 1 aromatic heterocycles. The van der Waals surface area contributed by atoms with Gasteiger partial charge in [0.15, 0.2) is 0 Å². The highest BCUT2D eigenvalue weighted by Gasteiger charge is 2.31. The van der Waals surface area contributed by atoms with Gasteiger partial charge in [-0.1, -0.05) is 37.5 Å². The van der Waals surface area contributed by atoms with E-state index >= 15 is 0 Å². The molecule has 23 heavy (non-hydrogen) atoms. The van der Waals surface area contributed by atoms with Crippen molar-refractivity contribution in [1.82, 2.24) is 14.7 Å². The second kappa shape index (κ2) is 6.44. The van der Waals surface area contributed by atoms with Gasteiger partial charge in [0.2, 0.25) is 0 Å². The number of aromatic nitrogens is 2. The Morgan fingerprint density at radius 1 is 1.09 bits per heavy atom. The number of hydrogen-bond acceptors (Lipinski definition) is 3. The zero-order valence-electron chi connectivity index (χ0n) is 13.7. The average molecular weight is 311 g/mol. The van der Waals surface area contributed by atoms with Crippen LogP contribution < -0.4 is 5.56 Å². The summed E-state index contributed by atoms with van der Waals surface area (Å²) in [5, 5.41) is 6.12. The number of fused-ring (bicyclic) bond motifs is 1. The molecule has 0 saturated heterocycles. The lowest BCUT2D eigenvalue weighted by Crippen LogP contribution is -2.38. The molecule has 4 rings (SSSR count). The minimum atomic E-state index is 0.0393. The summed E-state index contributed by atoms with van der Waals surface area (Å²) < 4.78 is 1.66. The summed E-state index contributed by atoms with van der Waals surface area (Å²) in [5.41, 5.74) is 0.0393. The van der Waals surface area contributed by atoms with E-state index in [0.717, 1.165) is 23.2 Å². The number of rotatable bonds is 5. The fourth-order valence-electron chi connectivity index (χ4n) is 3.86. The number of nitrogens with zero attached hydrogens (tertiary/aromatic N) is 3. The highest BCUT2D eigenvalue weighted by Crippen LogP contribution is 2.31. The molecular weight excluding hydrogens is 286 g/mol. The van der Waals surface area contributed by atoms with Crippen LogP contribution in [0.5, 0.6) is 0 Å². The van der Waals surface area contributed by atoms with Crippen LogP contribution in [0.3, 0.4) is 0 Å². The first-order chi connectivity index (χ1) is 11.3. The molecule has 0 N–H and O–H groups in total. The molecule has 2 fully saturated rings. The first kappa shape index (κ1) is 14.9. The van der Waals surface area contributed by atoms with Crippen LogP contribution in [0.1, 0.15) is 44.9 Å². The standard InChI is InChI=1S/C19H25N3O/c23-19-18-9-5-4-8-16(18)12-20-22(19)14-21(17-10-11-17)13-15-6-2-1-3-7-15/h4-5,8-9,12,15,17H,1-3,6-7,10-11,13-14H2. The highest BCUT2D eigenvalue weighted by atomic mass is 16.1. The molecule has 0 atom stereocenters. The summed E-state index contributed by atoms with van der Waals surface area (Å²) >= 11 is 0. The second-order valence-corrected chi connectivity index (χ2v) is 7.18. The minimum absolute atomic E-state index is 0.0393. The molecule has 122 valence electrons. The Bertz CT molecular complexity index is 729. The van der Waals surface area contributed by atoms with Crippen molar-refractivity contribution in [2.75, 3.05) is 6.54 Å². The van der Waals surface area contributed by atoms with Gasteiger partial charge in [0.25, 0.3) is 5.56 Å². The molecule has 0 unspecified atom stereocenters.